The molecule has 0 aromatic rings. The van der Waals surface area contributed by atoms with Crippen LogP contribution in [-0.4, -0.2) is 45.0 Å². The van der Waals surface area contributed by atoms with Crippen molar-refractivity contribution < 1.29 is 23.8 Å². The Bertz CT molecular complexity index is 280. The van der Waals surface area contributed by atoms with Gasteiger partial charge in [-0.25, -0.2) is 9.59 Å². The zero-order chi connectivity index (χ0) is 14.5. The van der Waals surface area contributed by atoms with Crippen LogP contribution < -0.4 is 5.32 Å². The van der Waals surface area contributed by atoms with E-state index in [4.69, 9.17) is 14.2 Å². The number of esters is 1. The van der Waals surface area contributed by atoms with Crippen molar-refractivity contribution in [1.82, 2.24) is 5.32 Å². The Labute approximate surface area is 114 Å². The summed E-state index contributed by atoms with van der Waals surface area (Å²) in [5.74, 6) is -0.475. The van der Waals surface area contributed by atoms with Gasteiger partial charge in [0.2, 0.25) is 0 Å². The van der Waals surface area contributed by atoms with Crippen molar-refractivity contribution in [3.63, 3.8) is 0 Å². The van der Waals surface area contributed by atoms with Crippen molar-refractivity contribution >= 4 is 12.1 Å². The van der Waals surface area contributed by atoms with Gasteiger partial charge in [-0.05, 0) is 12.8 Å². The SMILES string of the molecule is C=CCC(NC(=O)OCCOC)C(=O)OCCCC. The summed E-state index contributed by atoms with van der Waals surface area (Å²) in [6.07, 6.45) is 2.90. The zero-order valence-electron chi connectivity index (χ0n) is 11.6. The van der Waals surface area contributed by atoms with Crippen LogP contribution in [0.1, 0.15) is 26.2 Å². The summed E-state index contributed by atoms with van der Waals surface area (Å²) in [4.78, 5) is 23.1. The second-order valence-corrected chi connectivity index (χ2v) is 3.87. The third-order valence-electron chi connectivity index (χ3n) is 2.24. The number of rotatable bonds is 10. The molecule has 1 atom stereocenters. The molecular formula is C13H23NO5. The summed E-state index contributed by atoms with van der Waals surface area (Å²) in [5, 5.41) is 2.44. The van der Waals surface area contributed by atoms with Crippen LogP contribution >= 0.6 is 0 Å². The van der Waals surface area contributed by atoms with Gasteiger partial charge in [-0.15, -0.1) is 6.58 Å². The Kier molecular flexibility index (Phi) is 10.6. The van der Waals surface area contributed by atoms with Crippen molar-refractivity contribution in [3.05, 3.63) is 12.7 Å². The highest BCUT2D eigenvalue weighted by molar-refractivity contribution is 5.81. The van der Waals surface area contributed by atoms with Gasteiger partial charge < -0.3 is 19.5 Å². The monoisotopic (exact) mass is 273 g/mol. The van der Waals surface area contributed by atoms with E-state index in [1.54, 1.807) is 6.08 Å². The van der Waals surface area contributed by atoms with Crippen molar-refractivity contribution in [2.75, 3.05) is 26.9 Å². The molecule has 110 valence electrons. The lowest BCUT2D eigenvalue weighted by molar-refractivity contribution is -0.146. The van der Waals surface area contributed by atoms with Crippen LogP contribution in [0.2, 0.25) is 0 Å². The Morgan fingerprint density at radius 3 is 2.58 bits per heavy atom. The summed E-state index contributed by atoms with van der Waals surface area (Å²) in [6.45, 7) is 6.33. The Morgan fingerprint density at radius 1 is 1.26 bits per heavy atom. The summed E-state index contributed by atoms with van der Waals surface area (Å²) in [6, 6.07) is -0.760. The maximum Gasteiger partial charge on any atom is 0.407 e. The summed E-state index contributed by atoms with van der Waals surface area (Å²) in [5.41, 5.74) is 0. The molecule has 0 aromatic carbocycles. The predicted octanol–water partition coefficient (Wildman–Crippen LogP) is 1.65. The largest absolute Gasteiger partial charge is 0.464 e. The van der Waals surface area contributed by atoms with Crippen molar-refractivity contribution in [3.8, 4) is 0 Å². The zero-order valence-corrected chi connectivity index (χ0v) is 11.6. The van der Waals surface area contributed by atoms with Crippen LogP contribution in [0.3, 0.4) is 0 Å². The number of hydrogen-bond donors (Lipinski definition) is 1. The van der Waals surface area contributed by atoms with Gasteiger partial charge in [0.15, 0.2) is 0 Å². The highest BCUT2D eigenvalue weighted by Gasteiger charge is 2.21. The maximum absolute atomic E-state index is 11.7. The van der Waals surface area contributed by atoms with Crippen molar-refractivity contribution in [1.29, 1.82) is 0 Å². The van der Waals surface area contributed by atoms with Crippen molar-refractivity contribution in [2.24, 2.45) is 0 Å². The molecule has 0 aliphatic rings. The van der Waals surface area contributed by atoms with E-state index in [1.165, 1.54) is 7.11 Å². The average Bonchev–Trinajstić information content (AvgIpc) is 2.38. The Balaban J connectivity index is 4.11. The molecule has 0 fully saturated rings. The molecule has 0 aromatic heterocycles. The number of nitrogens with one attached hydrogen (secondary N) is 1. The second kappa shape index (κ2) is 11.5. The van der Waals surface area contributed by atoms with E-state index in [0.29, 0.717) is 19.6 Å². The van der Waals surface area contributed by atoms with E-state index in [-0.39, 0.29) is 6.61 Å². The van der Waals surface area contributed by atoms with Crippen molar-refractivity contribution in [2.45, 2.75) is 32.2 Å². The van der Waals surface area contributed by atoms with Gasteiger partial charge in [0.05, 0.1) is 13.2 Å². The first kappa shape index (κ1) is 17.4. The number of ether oxygens (including phenoxy) is 3. The molecule has 0 saturated carbocycles. The lowest BCUT2D eigenvalue weighted by Gasteiger charge is -2.16. The Morgan fingerprint density at radius 2 is 2.00 bits per heavy atom. The third kappa shape index (κ3) is 9.07. The molecule has 1 unspecified atom stereocenters. The normalized spacial score (nSPS) is 11.5. The quantitative estimate of drug-likeness (QED) is 0.372. The molecular weight excluding hydrogens is 250 g/mol. The molecule has 6 nitrogen and oxygen atoms in total. The van der Waals surface area contributed by atoms with Crippen LogP contribution in [0.15, 0.2) is 12.7 Å². The lowest BCUT2D eigenvalue weighted by atomic mass is 10.2. The second-order valence-electron chi connectivity index (χ2n) is 3.87. The Hall–Kier alpha value is -1.56. The smallest absolute Gasteiger partial charge is 0.407 e. The minimum absolute atomic E-state index is 0.133. The van der Waals surface area contributed by atoms with E-state index in [2.05, 4.69) is 11.9 Å². The van der Waals surface area contributed by atoms with Gasteiger partial charge in [-0.2, -0.15) is 0 Å². The molecule has 0 bridgehead atoms. The van der Waals surface area contributed by atoms with E-state index in [0.717, 1.165) is 12.8 Å². The predicted molar refractivity (Wildman–Crippen MR) is 70.8 cm³/mol. The minimum atomic E-state index is -0.760. The molecule has 6 heteroatoms. The molecule has 0 rings (SSSR count). The first-order chi connectivity index (χ1) is 9.15. The molecule has 1 N–H and O–H groups in total. The highest BCUT2D eigenvalue weighted by Crippen LogP contribution is 1.99. The topological polar surface area (TPSA) is 73.9 Å². The van der Waals surface area contributed by atoms with E-state index in [1.807, 2.05) is 6.92 Å². The summed E-state index contributed by atoms with van der Waals surface area (Å²) in [7, 11) is 1.51. The van der Waals surface area contributed by atoms with Gasteiger partial charge in [0.25, 0.3) is 0 Å². The number of alkyl carbamates (subject to hydrolysis) is 1. The molecule has 0 aliphatic heterocycles. The molecule has 0 heterocycles. The average molecular weight is 273 g/mol. The molecule has 1 amide bonds. The third-order valence-corrected chi connectivity index (χ3v) is 2.24. The fourth-order valence-corrected chi connectivity index (χ4v) is 1.20. The standard InChI is InChI=1S/C13H23NO5/c1-4-6-8-18-12(15)11(7-5-2)14-13(16)19-10-9-17-3/h5,11H,2,4,6-10H2,1,3H3,(H,14,16). The van der Waals surface area contributed by atoms with E-state index < -0.39 is 18.1 Å². The summed E-state index contributed by atoms with van der Waals surface area (Å²) < 4.78 is 14.6. The van der Waals surface area contributed by atoms with Gasteiger partial charge in [0, 0.05) is 7.11 Å². The molecule has 0 saturated heterocycles. The van der Waals surface area contributed by atoms with Gasteiger partial charge in [-0.1, -0.05) is 19.4 Å². The summed E-state index contributed by atoms with van der Waals surface area (Å²) >= 11 is 0. The van der Waals surface area contributed by atoms with Crippen LogP contribution in [-0.2, 0) is 19.0 Å². The fraction of sp³-hybridized carbons (Fsp3) is 0.692. The number of amides is 1. The number of carbonyl (C=O) groups excluding carboxylic acids is 2. The molecule has 0 radical (unpaired) electrons. The van der Waals surface area contributed by atoms with E-state index >= 15 is 0 Å². The van der Waals surface area contributed by atoms with E-state index in [9.17, 15) is 9.59 Å². The lowest BCUT2D eigenvalue weighted by Crippen LogP contribution is -2.42. The molecule has 19 heavy (non-hydrogen) atoms. The number of unbranched alkanes of at least 4 members (excludes halogenated alkanes) is 1. The van der Waals surface area contributed by atoms with Gasteiger partial charge >= 0.3 is 12.1 Å². The first-order valence-electron chi connectivity index (χ1n) is 6.35. The molecule has 0 aliphatic carbocycles. The number of hydrogen-bond acceptors (Lipinski definition) is 5. The van der Waals surface area contributed by atoms with Crippen LogP contribution in [0, 0.1) is 0 Å². The minimum Gasteiger partial charge on any atom is -0.464 e. The number of carbonyl (C=O) groups is 2. The first-order valence-corrected chi connectivity index (χ1v) is 6.35. The van der Waals surface area contributed by atoms with Crippen LogP contribution in [0.4, 0.5) is 4.79 Å². The molecule has 0 spiro atoms. The van der Waals surface area contributed by atoms with Gasteiger partial charge in [-0.3, -0.25) is 0 Å². The highest BCUT2D eigenvalue weighted by atomic mass is 16.6. The maximum atomic E-state index is 11.7. The number of methoxy groups -OCH3 is 1. The van der Waals surface area contributed by atoms with Crippen LogP contribution in [0.5, 0.6) is 0 Å². The fourth-order valence-electron chi connectivity index (χ4n) is 1.20. The van der Waals surface area contributed by atoms with Crippen LogP contribution in [0.25, 0.3) is 0 Å². The van der Waals surface area contributed by atoms with Gasteiger partial charge in [0.1, 0.15) is 12.6 Å².